The molecule has 2 nitrogen and oxygen atoms in total. The maximum atomic E-state index is 6.05. The molecule has 1 aliphatic rings. The fraction of sp³-hybridized carbons (Fsp3) is 0.500. The van der Waals surface area contributed by atoms with Gasteiger partial charge in [0.2, 0.25) is 0 Å². The third kappa shape index (κ3) is 2.47. The van der Waals surface area contributed by atoms with Gasteiger partial charge >= 0.3 is 0 Å². The Morgan fingerprint density at radius 2 is 2.13 bits per heavy atom. The molecule has 1 saturated heterocycles. The Kier molecular flexibility index (Phi) is 3.55. The van der Waals surface area contributed by atoms with Crippen molar-refractivity contribution in [2.45, 2.75) is 25.3 Å². The van der Waals surface area contributed by atoms with Gasteiger partial charge in [0, 0.05) is 11.6 Å². The minimum absolute atomic E-state index is 0.177. The average Bonchev–Trinajstić information content (AvgIpc) is 2.20. The molecule has 2 heterocycles. The Morgan fingerprint density at radius 1 is 1.33 bits per heavy atom. The van der Waals surface area contributed by atoms with Crippen LogP contribution >= 0.6 is 23.2 Å². The van der Waals surface area contributed by atoms with E-state index in [9.17, 15) is 0 Å². The second-order valence-electron chi connectivity index (χ2n) is 3.76. The Hall–Kier alpha value is -0.245. The number of nitrogens with zero attached hydrogens (tertiary/aromatic N) is 2. The Balaban J connectivity index is 2.27. The number of pyridine rings is 1. The van der Waals surface area contributed by atoms with E-state index in [1.165, 1.54) is 6.42 Å². The molecule has 1 aliphatic heterocycles. The minimum Gasteiger partial charge on any atom is -0.347 e. The van der Waals surface area contributed by atoms with Crippen molar-refractivity contribution in [3.05, 3.63) is 28.0 Å². The lowest BCUT2D eigenvalue weighted by atomic mass is 9.93. The predicted molar refractivity (Wildman–Crippen MR) is 63.3 cm³/mol. The first-order valence-electron chi connectivity index (χ1n) is 5.02. The fourth-order valence-corrected chi connectivity index (χ4v) is 2.43. The molecular formula is C10H11BCl2N2. The quantitative estimate of drug-likeness (QED) is 0.554. The van der Waals surface area contributed by atoms with E-state index >= 15 is 0 Å². The molecule has 0 bridgehead atoms. The molecule has 0 saturated carbocycles. The average molecular weight is 241 g/mol. The van der Waals surface area contributed by atoms with Crippen LogP contribution in [-0.2, 0) is 0 Å². The number of hydrogen-bond acceptors (Lipinski definition) is 2. The third-order valence-corrected chi connectivity index (χ3v) is 3.26. The largest absolute Gasteiger partial charge is 0.347 e. The standard InChI is InChI=1S/C10H11BCl2N2/c11-15-6-2-1-3-8(15)7-4-5-9(12)14-10(7)13/h4-5,8H,1-3,6H2/t8-/m1/s1. The summed E-state index contributed by atoms with van der Waals surface area (Å²) < 4.78 is 0. The van der Waals surface area contributed by atoms with Gasteiger partial charge < -0.3 is 4.81 Å². The van der Waals surface area contributed by atoms with E-state index in [2.05, 4.69) is 4.98 Å². The normalized spacial score (nSPS) is 22.9. The van der Waals surface area contributed by atoms with Gasteiger partial charge in [0.05, 0.1) is 0 Å². The van der Waals surface area contributed by atoms with Crippen molar-refractivity contribution in [3.8, 4) is 0 Å². The second kappa shape index (κ2) is 4.73. The van der Waals surface area contributed by atoms with Gasteiger partial charge in [-0.1, -0.05) is 35.7 Å². The van der Waals surface area contributed by atoms with Crippen LogP contribution < -0.4 is 0 Å². The zero-order valence-corrected chi connectivity index (χ0v) is 9.80. The zero-order chi connectivity index (χ0) is 10.8. The lowest BCUT2D eigenvalue weighted by molar-refractivity contribution is 0.266. The summed E-state index contributed by atoms with van der Waals surface area (Å²) in [4.78, 5) is 5.87. The summed E-state index contributed by atoms with van der Waals surface area (Å²) in [7, 11) is 5.93. The van der Waals surface area contributed by atoms with Crippen molar-refractivity contribution in [1.82, 2.24) is 9.79 Å². The van der Waals surface area contributed by atoms with Crippen molar-refractivity contribution in [3.63, 3.8) is 0 Å². The molecule has 5 heteroatoms. The minimum atomic E-state index is 0.177. The summed E-state index contributed by atoms with van der Waals surface area (Å²) in [6, 6.07) is 3.84. The van der Waals surface area contributed by atoms with Gasteiger partial charge in [-0.05, 0) is 25.5 Å². The van der Waals surface area contributed by atoms with Crippen molar-refractivity contribution in [2.24, 2.45) is 0 Å². The van der Waals surface area contributed by atoms with E-state index in [0.29, 0.717) is 10.3 Å². The molecule has 15 heavy (non-hydrogen) atoms. The van der Waals surface area contributed by atoms with Crippen LogP contribution in [-0.4, -0.2) is 24.3 Å². The molecule has 0 amide bonds. The molecule has 2 rings (SSSR count). The van der Waals surface area contributed by atoms with Gasteiger partial charge in [-0.15, -0.1) is 0 Å². The van der Waals surface area contributed by atoms with Crippen molar-refractivity contribution < 1.29 is 0 Å². The van der Waals surface area contributed by atoms with Crippen LogP contribution in [0.25, 0.3) is 0 Å². The van der Waals surface area contributed by atoms with Crippen molar-refractivity contribution >= 4 is 31.2 Å². The Bertz CT molecular complexity index is 359. The molecule has 2 radical (unpaired) electrons. The Labute approximate surface area is 101 Å². The highest BCUT2D eigenvalue weighted by Crippen LogP contribution is 2.33. The highest BCUT2D eigenvalue weighted by molar-refractivity contribution is 6.32. The van der Waals surface area contributed by atoms with Crippen LogP contribution in [0.5, 0.6) is 0 Å². The first-order valence-corrected chi connectivity index (χ1v) is 5.77. The van der Waals surface area contributed by atoms with E-state index in [4.69, 9.17) is 31.2 Å². The van der Waals surface area contributed by atoms with Crippen molar-refractivity contribution in [1.29, 1.82) is 0 Å². The van der Waals surface area contributed by atoms with Gasteiger partial charge in [-0.3, -0.25) is 0 Å². The van der Waals surface area contributed by atoms with E-state index in [0.717, 1.165) is 24.9 Å². The lowest BCUT2D eigenvalue weighted by Gasteiger charge is -2.33. The molecule has 0 aliphatic carbocycles. The fourth-order valence-electron chi connectivity index (χ4n) is 1.96. The van der Waals surface area contributed by atoms with Crippen LogP contribution in [0.15, 0.2) is 12.1 Å². The van der Waals surface area contributed by atoms with Crippen LogP contribution in [0, 0.1) is 0 Å². The highest BCUT2D eigenvalue weighted by atomic mass is 35.5. The maximum absolute atomic E-state index is 6.05. The lowest BCUT2D eigenvalue weighted by Crippen LogP contribution is -2.31. The topological polar surface area (TPSA) is 16.1 Å². The summed E-state index contributed by atoms with van der Waals surface area (Å²) in [5, 5.41) is 0.882. The third-order valence-electron chi connectivity index (χ3n) is 2.75. The first-order chi connectivity index (χ1) is 7.18. The van der Waals surface area contributed by atoms with E-state index in [-0.39, 0.29) is 6.04 Å². The van der Waals surface area contributed by atoms with E-state index < -0.39 is 0 Å². The number of halogens is 2. The monoisotopic (exact) mass is 240 g/mol. The number of piperidine rings is 1. The molecule has 1 aromatic rings. The summed E-state index contributed by atoms with van der Waals surface area (Å²) in [5.74, 6) is 0. The summed E-state index contributed by atoms with van der Waals surface area (Å²) in [6.07, 6.45) is 3.35. The SMILES string of the molecule is [B]N1CCCC[C@@H]1c1ccc(Cl)nc1Cl. The highest BCUT2D eigenvalue weighted by Gasteiger charge is 2.22. The number of aromatic nitrogens is 1. The molecule has 1 aromatic heterocycles. The van der Waals surface area contributed by atoms with Crippen LogP contribution in [0.4, 0.5) is 0 Å². The summed E-state index contributed by atoms with van der Waals surface area (Å²) in [5.41, 5.74) is 0.975. The number of rotatable bonds is 1. The molecule has 1 fully saturated rings. The van der Waals surface area contributed by atoms with Gasteiger partial charge in [0.1, 0.15) is 10.3 Å². The molecule has 78 valence electrons. The number of hydrogen-bond donors (Lipinski definition) is 0. The first kappa shape index (κ1) is 11.2. The van der Waals surface area contributed by atoms with E-state index in [1.54, 1.807) is 6.07 Å². The second-order valence-corrected chi connectivity index (χ2v) is 4.51. The van der Waals surface area contributed by atoms with Crippen molar-refractivity contribution in [2.75, 3.05) is 6.54 Å². The Morgan fingerprint density at radius 3 is 2.80 bits per heavy atom. The smallest absolute Gasteiger partial charge is 0.183 e. The molecule has 1 atom stereocenters. The van der Waals surface area contributed by atoms with E-state index in [1.807, 2.05) is 10.9 Å². The van der Waals surface area contributed by atoms with Gasteiger partial charge in [-0.2, -0.15) is 0 Å². The van der Waals surface area contributed by atoms with Gasteiger partial charge in [-0.25, -0.2) is 4.98 Å². The molecule has 0 aromatic carbocycles. The molecular weight excluding hydrogens is 230 g/mol. The summed E-state index contributed by atoms with van der Waals surface area (Å²) >= 11 is 11.8. The predicted octanol–water partition coefficient (Wildman–Crippen LogP) is 3.00. The van der Waals surface area contributed by atoms with Gasteiger partial charge in [0.25, 0.3) is 0 Å². The van der Waals surface area contributed by atoms with Crippen LogP contribution in [0.2, 0.25) is 10.3 Å². The zero-order valence-electron chi connectivity index (χ0n) is 8.29. The maximum Gasteiger partial charge on any atom is 0.183 e. The van der Waals surface area contributed by atoms with Crippen LogP contribution in [0.3, 0.4) is 0 Å². The molecule has 0 N–H and O–H groups in total. The van der Waals surface area contributed by atoms with Gasteiger partial charge in [0.15, 0.2) is 7.98 Å². The molecule has 0 unspecified atom stereocenters. The summed E-state index contributed by atoms with van der Waals surface area (Å²) in [6.45, 7) is 0.906. The van der Waals surface area contributed by atoms with Crippen LogP contribution in [0.1, 0.15) is 30.9 Å². The molecule has 0 spiro atoms.